The first kappa shape index (κ1) is 9.47. The minimum absolute atomic E-state index is 0.0147. The van der Waals surface area contributed by atoms with Gasteiger partial charge in [0.05, 0.1) is 6.10 Å². The molecular weight excluding hydrogens is 162 g/mol. The fourth-order valence-corrected chi connectivity index (χ4v) is 2.90. The summed E-state index contributed by atoms with van der Waals surface area (Å²) in [5.41, 5.74) is 0. The van der Waals surface area contributed by atoms with Crippen LogP contribution >= 0.6 is 0 Å². The molecule has 1 N–H and O–H groups in total. The van der Waals surface area contributed by atoms with Gasteiger partial charge in [-0.05, 0) is 45.6 Å². The molecule has 76 valence electrons. The summed E-state index contributed by atoms with van der Waals surface area (Å²) < 4.78 is 0. The lowest BCUT2D eigenvalue weighted by atomic mass is 10.0. The van der Waals surface area contributed by atoms with Crippen LogP contribution in [0, 0.1) is 0 Å². The molecule has 0 spiro atoms. The van der Waals surface area contributed by atoms with Crippen LogP contribution in [0.1, 0.15) is 45.4 Å². The van der Waals surface area contributed by atoms with Gasteiger partial charge in [-0.15, -0.1) is 0 Å². The molecule has 0 radical (unpaired) electrons. The van der Waals surface area contributed by atoms with Crippen LogP contribution in [0.4, 0.5) is 0 Å². The fraction of sp³-hybridized carbons (Fsp3) is 1.00. The van der Waals surface area contributed by atoms with E-state index in [4.69, 9.17) is 0 Å². The van der Waals surface area contributed by atoms with Gasteiger partial charge in [-0.1, -0.05) is 6.42 Å². The van der Waals surface area contributed by atoms with Crippen molar-refractivity contribution < 1.29 is 5.11 Å². The van der Waals surface area contributed by atoms with Crippen molar-refractivity contribution in [3.63, 3.8) is 0 Å². The Morgan fingerprint density at radius 3 is 2.62 bits per heavy atom. The number of piperidine rings is 1. The lowest BCUT2D eigenvalue weighted by Gasteiger charge is -2.38. The quantitative estimate of drug-likeness (QED) is 0.670. The molecule has 3 unspecified atom stereocenters. The van der Waals surface area contributed by atoms with Gasteiger partial charge in [-0.3, -0.25) is 4.90 Å². The zero-order valence-corrected chi connectivity index (χ0v) is 8.58. The number of nitrogens with zero attached hydrogens (tertiary/aromatic N) is 1. The van der Waals surface area contributed by atoms with Crippen molar-refractivity contribution in [2.45, 2.75) is 63.6 Å². The second kappa shape index (κ2) is 3.97. The maximum absolute atomic E-state index is 9.49. The minimum atomic E-state index is -0.0147. The smallest absolute Gasteiger partial charge is 0.0555 e. The van der Waals surface area contributed by atoms with Gasteiger partial charge in [0.15, 0.2) is 0 Å². The van der Waals surface area contributed by atoms with Crippen LogP contribution in [0.3, 0.4) is 0 Å². The van der Waals surface area contributed by atoms with Gasteiger partial charge in [0.2, 0.25) is 0 Å². The molecule has 0 bridgehead atoms. The first-order valence-electron chi connectivity index (χ1n) is 5.71. The highest BCUT2D eigenvalue weighted by atomic mass is 16.3. The van der Waals surface area contributed by atoms with Crippen molar-refractivity contribution in [2.75, 3.05) is 6.54 Å². The highest BCUT2D eigenvalue weighted by molar-refractivity contribution is 4.86. The molecule has 1 saturated heterocycles. The Bertz CT molecular complexity index is 171. The van der Waals surface area contributed by atoms with Crippen LogP contribution in [0.15, 0.2) is 0 Å². The average molecular weight is 183 g/mol. The number of aliphatic hydroxyl groups is 1. The summed E-state index contributed by atoms with van der Waals surface area (Å²) in [6.07, 6.45) is 7.35. The van der Waals surface area contributed by atoms with E-state index in [1.165, 1.54) is 32.2 Å². The van der Waals surface area contributed by atoms with E-state index >= 15 is 0 Å². The maximum atomic E-state index is 9.49. The molecule has 2 nitrogen and oxygen atoms in total. The van der Waals surface area contributed by atoms with Gasteiger partial charge >= 0.3 is 0 Å². The predicted octanol–water partition coefficient (Wildman–Crippen LogP) is 1.77. The van der Waals surface area contributed by atoms with Crippen LogP contribution in [0.5, 0.6) is 0 Å². The molecule has 0 aromatic carbocycles. The highest BCUT2D eigenvalue weighted by Gasteiger charge is 2.31. The van der Waals surface area contributed by atoms with Crippen molar-refractivity contribution in [2.24, 2.45) is 0 Å². The van der Waals surface area contributed by atoms with Crippen LogP contribution in [-0.4, -0.2) is 34.7 Å². The lowest BCUT2D eigenvalue weighted by molar-refractivity contribution is 0.0946. The van der Waals surface area contributed by atoms with E-state index in [0.29, 0.717) is 6.04 Å². The average Bonchev–Trinajstić information content (AvgIpc) is 2.53. The number of aliphatic hydroxyl groups excluding tert-OH is 1. The number of likely N-dealkylation sites (tertiary alicyclic amines) is 1. The van der Waals surface area contributed by atoms with Crippen LogP contribution < -0.4 is 0 Å². The van der Waals surface area contributed by atoms with E-state index in [0.717, 1.165) is 18.9 Å². The zero-order valence-electron chi connectivity index (χ0n) is 8.58. The molecule has 2 rings (SSSR count). The molecule has 0 aromatic rings. The Morgan fingerprint density at radius 1 is 1.15 bits per heavy atom. The summed E-state index contributed by atoms with van der Waals surface area (Å²) in [6, 6.07) is 1.44. The molecule has 13 heavy (non-hydrogen) atoms. The molecule has 3 atom stereocenters. The zero-order chi connectivity index (χ0) is 9.26. The van der Waals surface area contributed by atoms with Crippen LogP contribution in [0.2, 0.25) is 0 Å². The Kier molecular flexibility index (Phi) is 2.89. The summed E-state index contributed by atoms with van der Waals surface area (Å²) >= 11 is 0. The Balaban J connectivity index is 1.91. The molecule has 1 aliphatic carbocycles. The molecule has 1 aliphatic heterocycles. The fourth-order valence-electron chi connectivity index (χ4n) is 2.90. The third-order valence-corrected chi connectivity index (χ3v) is 3.70. The van der Waals surface area contributed by atoms with Crippen LogP contribution in [0.25, 0.3) is 0 Å². The highest BCUT2D eigenvalue weighted by Crippen LogP contribution is 2.29. The third-order valence-electron chi connectivity index (χ3n) is 3.70. The Labute approximate surface area is 80.9 Å². The van der Waals surface area contributed by atoms with Crippen molar-refractivity contribution in [1.29, 1.82) is 0 Å². The molecule has 1 heterocycles. The number of rotatable bonds is 1. The molecule has 1 saturated carbocycles. The van der Waals surface area contributed by atoms with Crippen molar-refractivity contribution in [3.05, 3.63) is 0 Å². The van der Waals surface area contributed by atoms with E-state index < -0.39 is 0 Å². The van der Waals surface area contributed by atoms with E-state index in [-0.39, 0.29) is 6.10 Å². The summed E-state index contributed by atoms with van der Waals surface area (Å²) in [7, 11) is 0. The standard InChI is InChI=1S/C11H21NO/c1-9-4-2-3-7-12(9)10-5-6-11(13)8-10/h9-11,13H,2-8H2,1H3. The monoisotopic (exact) mass is 183 g/mol. The SMILES string of the molecule is CC1CCCCN1C1CCC(O)C1. The van der Waals surface area contributed by atoms with E-state index in [1.54, 1.807) is 0 Å². The van der Waals surface area contributed by atoms with Crippen molar-refractivity contribution in [3.8, 4) is 0 Å². The minimum Gasteiger partial charge on any atom is -0.393 e. The van der Waals surface area contributed by atoms with Gasteiger partial charge < -0.3 is 5.11 Å². The molecular formula is C11H21NO. The van der Waals surface area contributed by atoms with Gasteiger partial charge in [0.25, 0.3) is 0 Å². The first-order valence-corrected chi connectivity index (χ1v) is 5.71. The van der Waals surface area contributed by atoms with Gasteiger partial charge in [-0.25, -0.2) is 0 Å². The van der Waals surface area contributed by atoms with Gasteiger partial charge in [-0.2, -0.15) is 0 Å². The second-order valence-electron chi connectivity index (χ2n) is 4.70. The topological polar surface area (TPSA) is 23.5 Å². The van der Waals surface area contributed by atoms with Gasteiger partial charge in [0.1, 0.15) is 0 Å². The number of hydrogen-bond donors (Lipinski definition) is 1. The molecule has 2 heteroatoms. The van der Waals surface area contributed by atoms with Crippen molar-refractivity contribution >= 4 is 0 Å². The normalized spacial score (nSPS) is 42.5. The van der Waals surface area contributed by atoms with E-state index in [9.17, 15) is 5.11 Å². The summed E-state index contributed by atoms with van der Waals surface area (Å²) in [4.78, 5) is 2.62. The molecule has 0 amide bonds. The van der Waals surface area contributed by atoms with E-state index in [1.807, 2.05) is 0 Å². The van der Waals surface area contributed by atoms with Crippen LogP contribution in [-0.2, 0) is 0 Å². The Morgan fingerprint density at radius 2 is 2.00 bits per heavy atom. The predicted molar refractivity (Wildman–Crippen MR) is 53.7 cm³/mol. The first-order chi connectivity index (χ1) is 6.27. The number of hydrogen-bond acceptors (Lipinski definition) is 2. The summed E-state index contributed by atoms with van der Waals surface area (Å²) in [6.45, 7) is 3.60. The van der Waals surface area contributed by atoms with Crippen molar-refractivity contribution in [1.82, 2.24) is 4.90 Å². The molecule has 2 aliphatic rings. The molecule has 2 fully saturated rings. The molecule has 0 aromatic heterocycles. The largest absolute Gasteiger partial charge is 0.393 e. The van der Waals surface area contributed by atoms with Gasteiger partial charge in [0, 0.05) is 12.1 Å². The Hall–Kier alpha value is -0.0800. The van der Waals surface area contributed by atoms with E-state index in [2.05, 4.69) is 11.8 Å². The third kappa shape index (κ3) is 2.05. The maximum Gasteiger partial charge on any atom is 0.0555 e. The summed E-state index contributed by atoms with van der Waals surface area (Å²) in [5.74, 6) is 0. The lowest BCUT2D eigenvalue weighted by Crippen LogP contribution is -2.43. The summed E-state index contributed by atoms with van der Waals surface area (Å²) in [5, 5.41) is 9.49. The second-order valence-corrected chi connectivity index (χ2v) is 4.70.